The summed E-state index contributed by atoms with van der Waals surface area (Å²) in [7, 11) is 1.56. The number of carbonyl (C=O) groups is 3. The molecule has 1 saturated heterocycles. The van der Waals surface area contributed by atoms with Crippen molar-refractivity contribution in [3.05, 3.63) is 60.2 Å². The number of benzene rings is 2. The third-order valence-corrected chi connectivity index (χ3v) is 4.45. The molecule has 2 aromatic rings. The Labute approximate surface area is 157 Å². The maximum Gasteiger partial charge on any atom is 0.332 e. The van der Waals surface area contributed by atoms with Crippen LogP contribution in [0.25, 0.3) is 0 Å². The van der Waals surface area contributed by atoms with Crippen LogP contribution < -0.4 is 15.0 Å². The topological polar surface area (TPSA) is 79.0 Å². The van der Waals surface area contributed by atoms with Crippen molar-refractivity contribution >= 4 is 23.5 Å². The zero-order chi connectivity index (χ0) is 19.4. The zero-order valence-corrected chi connectivity index (χ0v) is 15.2. The summed E-state index contributed by atoms with van der Waals surface area (Å²) in [5.41, 5.74) is 1.44. The molecule has 27 heavy (non-hydrogen) atoms. The number of rotatable bonds is 6. The average molecular weight is 367 g/mol. The van der Waals surface area contributed by atoms with E-state index in [1.807, 2.05) is 24.3 Å². The van der Waals surface area contributed by atoms with Gasteiger partial charge in [0.2, 0.25) is 5.91 Å². The number of nitrogens with one attached hydrogen (secondary N) is 1. The second-order valence-corrected chi connectivity index (χ2v) is 6.18. The molecular weight excluding hydrogens is 346 g/mol. The Balaban J connectivity index is 1.65. The van der Waals surface area contributed by atoms with Crippen LogP contribution >= 0.6 is 0 Å². The summed E-state index contributed by atoms with van der Waals surface area (Å²) in [5, 5.41) is 2.73. The third kappa shape index (κ3) is 3.76. The van der Waals surface area contributed by atoms with Gasteiger partial charge in [-0.15, -0.1) is 0 Å². The Morgan fingerprint density at radius 1 is 1.07 bits per heavy atom. The average Bonchev–Trinajstić information content (AvgIpc) is 2.90. The van der Waals surface area contributed by atoms with E-state index in [1.165, 1.54) is 4.90 Å². The van der Waals surface area contributed by atoms with Gasteiger partial charge in [-0.1, -0.05) is 36.4 Å². The fraction of sp³-hybridized carbons (Fsp3) is 0.250. The number of anilines is 1. The fourth-order valence-corrected chi connectivity index (χ4v) is 3.04. The van der Waals surface area contributed by atoms with Crippen molar-refractivity contribution in [2.45, 2.75) is 19.5 Å². The first-order valence-electron chi connectivity index (χ1n) is 8.61. The van der Waals surface area contributed by atoms with Crippen molar-refractivity contribution in [1.82, 2.24) is 10.2 Å². The number of hydrogen-bond acceptors (Lipinski definition) is 4. The second kappa shape index (κ2) is 7.90. The summed E-state index contributed by atoms with van der Waals surface area (Å²) in [6.07, 6.45) is 0. The molecule has 0 radical (unpaired) electrons. The minimum absolute atomic E-state index is 0.247. The molecular formula is C20H21N3O4. The summed E-state index contributed by atoms with van der Waals surface area (Å²) >= 11 is 0. The van der Waals surface area contributed by atoms with Gasteiger partial charge >= 0.3 is 6.03 Å². The molecule has 0 unspecified atom stereocenters. The quantitative estimate of drug-likeness (QED) is 0.794. The van der Waals surface area contributed by atoms with Gasteiger partial charge in [0.1, 0.15) is 18.3 Å². The number of imide groups is 1. The Kier molecular flexibility index (Phi) is 5.40. The lowest BCUT2D eigenvalue weighted by Gasteiger charge is -2.19. The van der Waals surface area contributed by atoms with Crippen LogP contribution in [0.3, 0.4) is 0 Å². The predicted molar refractivity (Wildman–Crippen MR) is 100 cm³/mol. The molecule has 0 saturated carbocycles. The molecule has 0 aliphatic carbocycles. The fourth-order valence-electron chi connectivity index (χ4n) is 3.04. The number of amides is 4. The second-order valence-electron chi connectivity index (χ2n) is 6.18. The molecule has 0 bridgehead atoms. The van der Waals surface area contributed by atoms with Crippen LogP contribution in [-0.2, 0) is 16.1 Å². The molecule has 1 aliphatic heterocycles. The molecule has 0 spiro atoms. The zero-order valence-electron chi connectivity index (χ0n) is 15.2. The van der Waals surface area contributed by atoms with Crippen LogP contribution in [0.4, 0.5) is 10.5 Å². The number of para-hydroxylation sites is 2. The molecule has 4 amide bonds. The number of nitrogens with zero attached hydrogens (tertiary/aromatic N) is 2. The molecule has 1 fully saturated rings. The molecule has 1 aliphatic rings. The summed E-state index contributed by atoms with van der Waals surface area (Å²) in [6, 6.07) is 15.1. The minimum Gasteiger partial charge on any atom is -0.496 e. The summed E-state index contributed by atoms with van der Waals surface area (Å²) < 4.78 is 5.25. The molecule has 140 valence electrons. The first-order valence-corrected chi connectivity index (χ1v) is 8.61. The smallest absolute Gasteiger partial charge is 0.332 e. The highest BCUT2D eigenvalue weighted by Crippen LogP contribution is 2.25. The molecule has 1 atom stereocenters. The van der Waals surface area contributed by atoms with E-state index >= 15 is 0 Å². The lowest BCUT2D eigenvalue weighted by molar-refractivity contribution is -0.131. The summed E-state index contributed by atoms with van der Waals surface area (Å²) in [5.74, 6) is -0.143. The first kappa shape index (κ1) is 18.4. The molecule has 0 aromatic heterocycles. The van der Waals surface area contributed by atoms with Gasteiger partial charge < -0.3 is 10.1 Å². The largest absolute Gasteiger partial charge is 0.496 e. The summed E-state index contributed by atoms with van der Waals surface area (Å²) in [6.45, 7) is 1.58. The van der Waals surface area contributed by atoms with E-state index in [0.29, 0.717) is 11.4 Å². The van der Waals surface area contributed by atoms with Crippen LogP contribution in [0.5, 0.6) is 5.75 Å². The molecule has 3 rings (SSSR count). The van der Waals surface area contributed by atoms with E-state index in [2.05, 4.69) is 5.32 Å². The molecule has 1 heterocycles. The number of ether oxygens (including phenoxy) is 1. The van der Waals surface area contributed by atoms with Crippen molar-refractivity contribution in [3.63, 3.8) is 0 Å². The molecule has 1 N–H and O–H groups in total. The van der Waals surface area contributed by atoms with Gasteiger partial charge in [-0.05, 0) is 25.1 Å². The van der Waals surface area contributed by atoms with E-state index in [0.717, 1.165) is 10.5 Å². The SMILES string of the molecule is COc1ccccc1CNC(=O)CN1C(=O)[C@H](C)N(c2ccccc2)C1=O. The van der Waals surface area contributed by atoms with E-state index in [4.69, 9.17) is 4.74 Å². The Morgan fingerprint density at radius 3 is 2.44 bits per heavy atom. The van der Waals surface area contributed by atoms with Crippen molar-refractivity contribution < 1.29 is 19.1 Å². The van der Waals surface area contributed by atoms with Crippen molar-refractivity contribution in [2.75, 3.05) is 18.6 Å². The maximum atomic E-state index is 12.7. The minimum atomic E-state index is -0.651. The van der Waals surface area contributed by atoms with E-state index in [9.17, 15) is 14.4 Å². The van der Waals surface area contributed by atoms with E-state index in [1.54, 1.807) is 44.4 Å². The number of hydrogen-bond donors (Lipinski definition) is 1. The van der Waals surface area contributed by atoms with Gasteiger partial charge in [0, 0.05) is 17.8 Å². The molecule has 7 heteroatoms. The Bertz CT molecular complexity index is 853. The maximum absolute atomic E-state index is 12.7. The lowest BCUT2D eigenvalue weighted by Crippen LogP contribution is -2.41. The van der Waals surface area contributed by atoms with Crippen molar-refractivity contribution in [2.24, 2.45) is 0 Å². The van der Waals surface area contributed by atoms with Crippen molar-refractivity contribution in [3.8, 4) is 5.75 Å². The van der Waals surface area contributed by atoms with Crippen LogP contribution in [0.1, 0.15) is 12.5 Å². The number of urea groups is 1. The van der Waals surface area contributed by atoms with Crippen molar-refractivity contribution in [1.29, 1.82) is 0 Å². The number of methoxy groups -OCH3 is 1. The van der Waals surface area contributed by atoms with Gasteiger partial charge in [-0.25, -0.2) is 4.79 Å². The molecule has 7 nitrogen and oxygen atoms in total. The van der Waals surface area contributed by atoms with Crippen LogP contribution in [-0.4, -0.2) is 42.4 Å². The predicted octanol–water partition coefficient (Wildman–Crippen LogP) is 2.17. The van der Waals surface area contributed by atoms with Crippen LogP contribution in [0.15, 0.2) is 54.6 Å². The van der Waals surface area contributed by atoms with Gasteiger partial charge in [0.25, 0.3) is 5.91 Å². The highest BCUT2D eigenvalue weighted by molar-refractivity contribution is 6.15. The van der Waals surface area contributed by atoms with Gasteiger partial charge in [0.05, 0.1) is 7.11 Å². The van der Waals surface area contributed by atoms with E-state index < -0.39 is 23.9 Å². The Hall–Kier alpha value is -3.35. The lowest BCUT2D eigenvalue weighted by atomic mass is 10.2. The normalized spacial score (nSPS) is 16.6. The Morgan fingerprint density at radius 2 is 1.74 bits per heavy atom. The standard InChI is InChI=1S/C20H21N3O4/c1-14-19(25)22(20(26)23(14)16-9-4-3-5-10-16)13-18(24)21-12-15-8-6-7-11-17(15)27-2/h3-11,14H,12-13H2,1-2H3,(H,21,24)/t14-/m0/s1. The highest BCUT2D eigenvalue weighted by Gasteiger charge is 2.43. The third-order valence-electron chi connectivity index (χ3n) is 4.45. The van der Waals surface area contributed by atoms with Gasteiger partial charge in [-0.2, -0.15) is 0 Å². The van der Waals surface area contributed by atoms with E-state index in [-0.39, 0.29) is 13.1 Å². The highest BCUT2D eigenvalue weighted by atomic mass is 16.5. The van der Waals surface area contributed by atoms with Crippen LogP contribution in [0, 0.1) is 0 Å². The number of carbonyl (C=O) groups excluding carboxylic acids is 3. The van der Waals surface area contributed by atoms with Gasteiger partial charge in [-0.3, -0.25) is 19.4 Å². The molecule has 2 aromatic carbocycles. The first-order chi connectivity index (χ1) is 13.0. The van der Waals surface area contributed by atoms with Crippen LogP contribution in [0.2, 0.25) is 0 Å². The van der Waals surface area contributed by atoms with Gasteiger partial charge in [0.15, 0.2) is 0 Å². The monoisotopic (exact) mass is 367 g/mol. The summed E-state index contributed by atoms with van der Waals surface area (Å²) in [4.78, 5) is 39.8.